The molecule has 3 N–H and O–H groups in total. The van der Waals surface area contributed by atoms with Crippen LogP contribution in [-0.4, -0.2) is 28.6 Å². The van der Waals surface area contributed by atoms with Crippen LogP contribution in [0.4, 0.5) is 0 Å². The van der Waals surface area contributed by atoms with E-state index in [-0.39, 0.29) is 25.3 Å². The monoisotopic (exact) mass is 243 g/mol. The SMILES string of the molecule is O=C(O)CCC(=O)NCC(O)c1ccsc1. The standard InChI is InChI=1S/C10H13NO4S/c12-8(7-3-4-16-6-7)5-11-9(13)1-2-10(14)15/h3-4,6,8,12H,1-2,5H2,(H,11,13)(H,14,15). The van der Waals surface area contributed by atoms with Gasteiger partial charge < -0.3 is 15.5 Å². The number of aliphatic hydroxyl groups excluding tert-OH is 1. The average molecular weight is 243 g/mol. The summed E-state index contributed by atoms with van der Waals surface area (Å²) < 4.78 is 0. The van der Waals surface area contributed by atoms with Gasteiger partial charge in [-0.1, -0.05) is 0 Å². The summed E-state index contributed by atoms with van der Waals surface area (Å²) in [6, 6.07) is 1.78. The normalized spacial score (nSPS) is 12.1. The van der Waals surface area contributed by atoms with Crippen LogP contribution in [0.2, 0.25) is 0 Å². The predicted octanol–water partition coefficient (Wildman–Crippen LogP) is 0.762. The highest BCUT2D eigenvalue weighted by molar-refractivity contribution is 7.07. The molecule has 1 aromatic heterocycles. The van der Waals surface area contributed by atoms with Crippen molar-refractivity contribution in [3.8, 4) is 0 Å². The van der Waals surface area contributed by atoms with Crippen molar-refractivity contribution >= 4 is 23.2 Å². The number of rotatable bonds is 6. The second-order valence-electron chi connectivity index (χ2n) is 3.27. The van der Waals surface area contributed by atoms with E-state index in [0.29, 0.717) is 0 Å². The van der Waals surface area contributed by atoms with Crippen LogP contribution in [0.25, 0.3) is 0 Å². The number of carboxylic acids is 1. The molecular weight excluding hydrogens is 230 g/mol. The lowest BCUT2D eigenvalue weighted by atomic mass is 10.2. The summed E-state index contributed by atoms with van der Waals surface area (Å²) in [6.45, 7) is 0.106. The van der Waals surface area contributed by atoms with Crippen molar-refractivity contribution in [3.05, 3.63) is 22.4 Å². The molecule has 0 saturated heterocycles. The molecule has 0 spiro atoms. The van der Waals surface area contributed by atoms with Gasteiger partial charge in [0.1, 0.15) is 0 Å². The molecule has 6 heteroatoms. The van der Waals surface area contributed by atoms with E-state index in [0.717, 1.165) is 5.56 Å². The molecule has 0 saturated carbocycles. The molecule has 0 radical (unpaired) electrons. The Morgan fingerprint density at radius 1 is 1.44 bits per heavy atom. The minimum absolute atomic E-state index is 0.0638. The van der Waals surface area contributed by atoms with Gasteiger partial charge in [0, 0.05) is 13.0 Å². The highest BCUT2D eigenvalue weighted by Gasteiger charge is 2.10. The lowest BCUT2D eigenvalue weighted by molar-refractivity contribution is -0.138. The van der Waals surface area contributed by atoms with Gasteiger partial charge in [0.2, 0.25) is 5.91 Å². The molecule has 1 amide bonds. The Bertz CT molecular complexity index is 350. The Morgan fingerprint density at radius 2 is 2.19 bits per heavy atom. The van der Waals surface area contributed by atoms with Crippen molar-refractivity contribution in [2.75, 3.05) is 6.54 Å². The van der Waals surface area contributed by atoms with E-state index in [2.05, 4.69) is 5.32 Å². The Morgan fingerprint density at radius 3 is 2.75 bits per heavy atom. The van der Waals surface area contributed by atoms with Crippen LogP contribution in [0.1, 0.15) is 24.5 Å². The van der Waals surface area contributed by atoms with Crippen molar-refractivity contribution in [1.82, 2.24) is 5.32 Å². The van der Waals surface area contributed by atoms with Crippen LogP contribution in [0.5, 0.6) is 0 Å². The minimum Gasteiger partial charge on any atom is -0.481 e. The quantitative estimate of drug-likeness (QED) is 0.688. The summed E-state index contributed by atoms with van der Waals surface area (Å²) >= 11 is 1.47. The maximum absolute atomic E-state index is 11.1. The van der Waals surface area contributed by atoms with Crippen molar-refractivity contribution in [2.24, 2.45) is 0 Å². The first-order chi connectivity index (χ1) is 7.59. The largest absolute Gasteiger partial charge is 0.481 e. The van der Waals surface area contributed by atoms with E-state index in [1.165, 1.54) is 11.3 Å². The molecular formula is C10H13NO4S. The number of hydrogen-bond acceptors (Lipinski definition) is 4. The van der Waals surface area contributed by atoms with Crippen LogP contribution in [0.3, 0.4) is 0 Å². The van der Waals surface area contributed by atoms with Crippen LogP contribution in [-0.2, 0) is 9.59 Å². The van der Waals surface area contributed by atoms with Gasteiger partial charge in [-0.2, -0.15) is 11.3 Å². The molecule has 5 nitrogen and oxygen atoms in total. The molecule has 0 aliphatic carbocycles. The third-order valence-electron chi connectivity index (χ3n) is 1.99. The molecule has 0 aliphatic rings. The van der Waals surface area contributed by atoms with Crippen LogP contribution in [0.15, 0.2) is 16.8 Å². The molecule has 88 valence electrons. The van der Waals surface area contributed by atoms with E-state index >= 15 is 0 Å². The average Bonchev–Trinajstić information content (AvgIpc) is 2.76. The number of aliphatic hydroxyl groups is 1. The number of hydrogen-bond donors (Lipinski definition) is 3. The van der Waals surface area contributed by atoms with E-state index in [1.807, 2.05) is 5.38 Å². The molecule has 0 aromatic carbocycles. The van der Waals surface area contributed by atoms with E-state index < -0.39 is 12.1 Å². The number of aliphatic carboxylic acids is 1. The van der Waals surface area contributed by atoms with Gasteiger partial charge in [0.05, 0.1) is 12.5 Å². The number of carbonyl (C=O) groups is 2. The summed E-state index contributed by atoms with van der Waals surface area (Å²) in [4.78, 5) is 21.3. The van der Waals surface area contributed by atoms with Gasteiger partial charge in [0.25, 0.3) is 0 Å². The molecule has 16 heavy (non-hydrogen) atoms. The fourth-order valence-corrected chi connectivity index (χ4v) is 1.81. The Balaban J connectivity index is 2.24. The number of nitrogens with one attached hydrogen (secondary N) is 1. The zero-order chi connectivity index (χ0) is 12.0. The molecule has 1 rings (SSSR count). The van der Waals surface area contributed by atoms with Gasteiger partial charge in [0.15, 0.2) is 0 Å². The van der Waals surface area contributed by atoms with Gasteiger partial charge in [-0.25, -0.2) is 0 Å². The lowest BCUT2D eigenvalue weighted by Gasteiger charge is -2.09. The lowest BCUT2D eigenvalue weighted by Crippen LogP contribution is -2.28. The van der Waals surface area contributed by atoms with Gasteiger partial charge in [-0.05, 0) is 22.4 Å². The van der Waals surface area contributed by atoms with Crippen molar-refractivity contribution in [1.29, 1.82) is 0 Å². The van der Waals surface area contributed by atoms with Gasteiger partial charge >= 0.3 is 5.97 Å². The van der Waals surface area contributed by atoms with Gasteiger partial charge in [-0.3, -0.25) is 9.59 Å². The smallest absolute Gasteiger partial charge is 0.303 e. The van der Waals surface area contributed by atoms with Crippen molar-refractivity contribution in [3.63, 3.8) is 0 Å². The maximum atomic E-state index is 11.1. The Labute approximate surface area is 96.7 Å². The van der Waals surface area contributed by atoms with Crippen molar-refractivity contribution < 1.29 is 19.8 Å². The first-order valence-electron chi connectivity index (χ1n) is 4.78. The molecule has 1 heterocycles. The number of carboxylic acid groups (broad SMARTS) is 1. The van der Waals surface area contributed by atoms with E-state index in [4.69, 9.17) is 5.11 Å². The first-order valence-corrected chi connectivity index (χ1v) is 5.72. The summed E-state index contributed by atoms with van der Waals surface area (Å²) in [5.41, 5.74) is 0.753. The van der Waals surface area contributed by atoms with Crippen LogP contribution < -0.4 is 5.32 Å². The van der Waals surface area contributed by atoms with Gasteiger partial charge in [-0.15, -0.1) is 0 Å². The Kier molecular flexibility index (Phi) is 4.94. The highest BCUT2D eigenvalue weighted by atomic mass is 32.1. The molecule has 0 aliphatic heterocycles. The zero-order valence-electron chi connectivity index (χ0n) is 8.55. The number of carbonyl (C=O) groups excluding carboxylic acids is 1. The summed E-state index contributed by atoms with van der Waals surface area (Å²) in [5, 5.41) is 24.1. The van der Waals surface area contributed by atoms with E-state index in [1.54, 1.807) is 11.4 Å². The fraction of sp³-hybridized carbons (Fsp3) is 0.400. The third-order valence-corrected chi connectivity index (χ3v) is 2.69. The minimum atomic E-state index is -1.01. The molecule has 1 atom stereocenters. The number of thiophene rings is 1. The third kappa shape index (κ3) is 4.41. The summed E-state index contributed by atoms with van der Waals surface area (Å²) in [5.74, 6) is -1.37. The summed E-state index contributed by atoms with van der Waals surface area (Å²) in [7, 11) is 0. The fourth-order valence-electron chi connectivity index (χ4n) is 1.10. The molecule has 1 unspecified atom stereocenters. The second-order valence-corrected chi connectivity index (χ2v) is 4.05. The van der Waals surface area contributed by atoms with E-state index in [9.17, 15) is 14.7 Å². The molecule has 0 fully saturated rings. The molecule has 1 aromatic rings. The highest BCUT2D eigenvalue weighted by Crippen LogP contribution is 2.14. The van der Waals surface area contributed by atoms with Crippen LogP contribution in [0, 0.1) is 0 Å². The van der Waals surface area contributed by atoms with Crippen LogP contribution >= 0.6 is 11.3 Å². The topological polar surface area (TPSA) is 86.6 Å². The zero-order valence-corrected chi connectivity index (χ0v) is 9.37. The number of amides is 1. The summed E-state index contributed by atoms with van der Waals surface area (Å²) in [6.07, 6.45) is -0.994. The first kappa shape index (κ1) is 12.7. The molecule has 0 bridgehead atoms. The maximum Gasteiger partial charge on any atom is 0.303 e. The van der Waals surface area contributed by atoms with Crippen molar-refractivity contribution in [2.45, 2.75) is 18.9 Å². The predicted molar refractivity (Wildman–Crippen MR) is 59.2 cm³/mol. The Hall–Kier alpha value is -1.40. The second kappa shape index (κ2) is 6.24.